The van der Waals surface area contributed by atoms with Gasteiger partial charge in [0.05, 0.1) is 5.38 Å². The Morgan fingerprint density at radius 2 is 1.45 bits per heavy atom. The molecule has 2 unspecified atom stereocenters. The van der Waals surface area contributed by atoms with Gasteiger partial charge in [0.25, 0.3) is 0 Å². The summed E-state index contributed by atoms with van der Waals surface area (Å²) >= 11 is 12.4. The Morgan fingerprint density at radius 1 is 0.900 bits per heavy atom. The summed E-state index contributed by atoms with van der Waals surface area (Å²) in [6, 6.07) is 19.0. The van der Waals surface area contributed by atoms with Gasteiger partial charge in [0.15, 0.2) is 5.78 Å². The van der Waals surface area contributed by atoms with Crippen LogP contribution in [0.4, 0.5) is 0 Å². The first kappa shape index (κ1) is 14.8. The summed E-state index contributed by atoms with van der Waals surface area (Å²) in [5.74, 6) is -0.195. The largest absolute Gasteiger partial charge is 0.293 e. The van der Waals surface area contributed by atoms with Crippen LogP contribution in [0.3, 0.4) is 0 Å². The second-order valence-corrected chi connectivity index (χ2v) is 5.30. The Bertz CT molecular complexity index is 578. The SMILES string of the molecule is O=C(/C=C/c1ccccc1)C(Cl)C(Cl)c1ccccc1. The van der Waals surface area contributed by atoms with Crippen LogP contribution in [0, 0.1) is 0 Å². The van der Waals surface area contributed by atoms with Gasteiger partial charge in [-0.2, -0.15) is 0 Å². The van der Waals surface area contributed by atoms with Crippen molar-refractivity contribution in [3.63, 3.8) is 0 Å². The minimum atomic E-state index is -0.779. The number of hydrogen-bond acceptors (Lipinski definition) is 1. The molecule has 2 rings (SSSR count). The van der Waals surface area contributed by atoms with Crippen molar-refractivity contribution in [2.45, 2.75) is 10.8 Å². The van der Waals surface area contributed by atoms with E-state index in [2.05, 4.69) is 0 Å². The Kier molecular flexibility index (Phi) is 5.40. The van der Waals surface area contributed by atoms with Gasteiger partial charge in [-0.1, -0.05) is 66.7 Å². The third-order valence-corrected chi connectivity index (χ3v) is 3.99. The molecule has 0 aliphatic heterocycles. The summed E-state index contributed by atoms with van der Waals surface area (Å²) in [5, 5.41) is -1.31. The van der Waals surface area contributed by atoms with E-state index in [9.17, 15) is 4.79 Å². The Hall–Kier alpha value is -1.57. The van der Waals surface area contributed by atoms with Crippen LogP contribution in [-0.4, -0.2) is 11.2 Å². The Labute approximate surface area is 128 Å². The highest BCUT2D eigenvalue weighted by Gasteiger charge is 2.23. The number of rotatable bonds is 5. The predicted molar refractivity (Wildman–Crippen MR) is 85.2 cm³/mol. The number of alkyl halides is 2. The molecular weight excluding hydrogens is 291 g/mol. The molecule has 0 bridgehead atoms. The van der Waals surface area contributed by atoms with E-state index in [1.54, 1.807) is 6.08 Å². The zero-order chi connectivity index (χ0) is 14.4. The van der Waals surface area contributed by atoms with E-state index in [-0.39, 0.29) is 5.78 Å². The van der Waals surface area contributed by atoms with Crippen LogP contribution >= 0.6 is 23.2 Å². The predicted octanol–water partition coefficient (Wildman–Crippen LogP) is 4.86. The molecule has 0 aliphatic rings. The fourth-order valence-electron chi connectivity index (χ4n) is 1.78. The van der Waals surface area contributed by atoms with Crippen LogP contribution in [0.1, 0.15) is 16.5 Å². The molecule has 102 valence electrons. The molecule has 0 aliphatic carbocycles. The maximum absolute atomic E-state index is 12.0. The smallest absolute Gasteiger partial charge is 0.175 e. The molecule has 0 saturated heterocycles. The average Bonchev–Trinajstić information content (AvgIpc) is 2.53. The highest BCUT2D eigenvalue weighted by Crippen LogP contribution is 2.28. The highest BCUT2D eigenvalue weighted by molar-refractivity contribution is 6.39. The molecule has 0 aromatic heterocycles. The second kappa shape index (κ2) is 7.28. The maximum atomic E-state index is 12.0. The lowest BCUT2D eigenvalue weighted by Gasteiger charge is -2.13. The fraction of sp³-hybridized carbons (Fsp3) is 0.118. The third kappa shape index (κ3) is 3.96. The van der Waals surface area contributed by atoms with Gasteiger partial charge >= 0.3 is 0 Å². The monoisotopic (exact) mass is 304 g/mol. The molecule has 0 amide bonds. The fourth-order valence-corrected chi connectivity index (χ4v) is 2.27. The zero-order valence-electron chi connectivity index (χ0n) is 10.7. The number of carbonyl (C=O) groups is 1. The molecule has 2 aromatic rings. The topological polar surface area (TPSA) is 17.1 Å². The third-order valence-electron chi connectivity index (χ3n) is 2.89. The van der Waals surface area contributed by atoms with Crippen LogP contribution in [0.25, 0.3) is 6.08 Å². The van der Waals surface area contributed by atoms with Crippen molar-refractivity contribution in [1.82, 2.24) is 0 Å². The zero-order valence-corrected chi connectivity index (χ0v) is 12.3. The quantitative estimate of drug-likeness (QED) is 0.569. The van der Waals surface area contributed by atoms with Gasteiger partial charge in [-0.05, 0) is 17.2 Å². The molecule has 0 fully saturated rings. The number of halogens is 2. The van der Waals surface area contributed by atoms with Crippen molar-refractivity contribution >= 4 is 35.1 Å². The van der Waals surface area contributed by atoms with E-state index in [0.717, 1.165) is 11.1 Å². The minimum Gasteiger partial charge on any atom is -0.293 e. The molecule has 20 heavy (non-hydrogen) atoms. The standard InChI is InChI=1S/C17H14Cl2O/c18-16(14-9-5-2-6-10-14)17(19)15(20)12-11-13-7-3-1-4-8-13/h1-12,16-17H/b12-11+. The van der Waals surface area contributed by atoms with Gasteiger partial charge in [-0.25, -0.2) is 0 Å². The van der Waals surface area contributed by atoms with Crippen molar-refractivity contribution in [2.75, 3.05) is 0 Å². The van der Waals surface area contributed by atoms with E-state index >= 15 is 0 Å². The Balaban J connectivity index is 2.04. The molecular formula is C17H14Cl2O. The number of carbonyl (C=O) groups excluding carboxylic acids is 1. The molecule has 0 saturated carbocycles. The van der Waals surface area contributed by atoms with E-state index in [0.29, 0.717) is 0 Å². The number of allylic oxidation sites excluding steroid dienone is 1. The van der Waals surface area contributed by atoms with Gasteiger partial charge in [0, 0.05) is 0 Å². The summed E-state index contributed by atoms with van der Waals surface area (Å²) in [6.07, 6.45) is 3.22. The van der Waals surface area contributed by atoms with Gasteiger partial charge < -0.3 is 0 Å². The van der Waals surface area contributed by atoms with Crippen LogP contribution < -0.4 is 0 Å². The molecule has 2 atom stereocenters. The summed E-state index contributed by atoms with van der Waals surface area (Å²) in [6.45, 7) is 0. The molecule has 0 N–H and O–H groups in total. The summed E-state index contributed by atoms with van der Waals surface area (Å²) in [4.78, 5) is 12.0. The van der Waals surface area contributed by atoms with Gasteiger partial charge in [-0.3, -0.25) is 4.79 Å². The van der Waals surface area contributed by atoms with Crippen LogP contribution in [-0.2, 0) is 4.79 Å². The number of benzene rings is 2. The van der Waals surface area contributed by atoms with Crippen LogP contribution in [0.2, 0.25) is 0 Å². The van der Waals surface area contributed by atoms with E-state index in [4.69, 9.17) is 23.2 Å². The first-order valence-electron chi connectivity index (χ1n) is 6.28. The van der Waals surface area contributed by atoms with Crippen LogP contribution in [0.15, 0.2) is 66.7 Å². The summed E-state index contributed by atoms with van der Waals surface area (Å²) < 4.78 is 0. The molecule has 2 aromatic carbocycles. The lowest BCUT2D eigenvalue weighted by Crippen LogP contribution is -2.17. The van der Waals surface area contributed by atoms with Crippen molar-refractivity contribution in [3.8, 4) is 0 Å². The number of ketones is 1. The maximum Gasteiger partial charge on any atom is 0.175 e. The lowest BCUT2D eigenvalue weighted by molar-refractivity contribution is -0.114. The first-order valence-corrected chi connectivity index (χ1v) is 7.16. The first-order chi connectivity index (χ1) is 9.68. The average molecular weight is 305 g/mol. The van der Waals surface area contributed by atoms with Crippen molar-refractivity contribution < 1.29 is 4.79 Å². The van der Waals surface area contributed by atoms with E-state index < -0.39 is 10.8 Å². The van der Waals surface area contributed by atoms with Crippen LogP contribution in [0.5, 0.6) is 0 Å². The molecule has 0 radical (unpaired) electrons. The number of hydrogen-bond donors (Lipinski definition) is 0. The lowest BCUT2D eigenvalue weighted by atomic mass is 10.1. The Morgan fingerprint density at radius 3 is 2.05 bits per heavy atom. The molecule has 0 spiro atoms. The molecule has 3 heteroatoms. The van der Waals surface area contributed by atoms with Crippen molar-refractivity contribution in [2.24, 2.45) is 0 Å². The van der Waals surface area contributed by atoms with Gasteiger partial charge in [-0.15, -0.1) is 23.2 Å². The minimum absolute atomic E-state index is 0.195. The van der Waals surface area contributed by atoms with Gasteiger partial charge in [0.1, 0.15) is 5.38 Å². The highest BCUT2D eigenvalue weighted by atomic mass is 35.5. The second-order valence-electron chi connectivity index (χ2n) is 4.36. The normalized spacial score (nSPS) is 14.1. The summed E-state index contributed by atoms with van der Waals surface area (Å²) in [7, 11) is 0. The van der Waals surface area contributed by atoms with Crippen molar-refractivity contribution in [3.05, 3.63) is 77.9 Å². The molecule has 0 heterocycles. The van der Waals surface area contributed by atoms with Crippen molar-refractivity contribution in [1.29, 1.82) is 0 Å². The van der Waals surface area contributed by atoms with Gasteiger partial charge in [0.2, 0.25) is 0 Å². The molecule has 1 nitrogen and oxygen atoms in total. The van der Waals surface area contributed by atoms with E-state index in [1.165, 1.54) is 6.08 Å². The summed E-state index contributed by atoms with van der Waals surface area (Å²) in [5.41, 5.74) is 1.80. The van der Waals surface area contributed by atoms with E-state index in [1.807, 2.05) is 60.7 Å².